The van der Waals surface area contributed by atoms with Crippen LogP contribution < -0.4 is 15.8 Å². The van der Waals surface area contributed by atoms with Crippen molar-refractivity contribution >= 4 is 11.6 Å². The largest absolute Gasteiger partial charge is 0.497 e. The number of benzene rings is 1. The SMILES string of the molecule is COc1ccc(NC(N)=NCC(C)(C)N2CCOCC2)cc1. The van der Waals surface area contributed by atoms with Crippen LogP contribution in [0.4, 0.5) is 5.69 Å². The van der Waals surface area contributed by atoms with Crippen LogP contribution in [0.1, 0.15) is 13.8 Å². The Kier molecular flexibility index (Phi) is 5.63. The smallest absolute Gasteiger partial charge is 0.193 e. The Morgan fingerprint density at radius 3 is 2.55 bits per heavy atom. The zero-order chi connectivity index (χ0) is 16.0. The second-order valence-corrected chi connectivity index (χ2v) is 5.97. The summed E-state index contributed by atoms with van der Waals surface area (Å²) in [6, 6.07) is 7.59. The maximum absolute atomic E-state index is 5.98. The third-order valence-corrected chi connectivity index (χ3v) is 3.87. The van der Waals surface area contributed by atoms with Gasteiger partial charge in [-0.2, -0.15) is 0 Å². The minimum absolute atomic E-state index is 0.0318. The molecule has 1 aliphatic heterocycles. The Morgan fingerprint density at radius 1 is 1.32 bits per heavy atom. The quantitative estimate of drug-likeness (QED) is 0.637. The van der Waals surface area contributed by atoms with Gasteiger partial charge in [0.05, 0.1) is 26.9 Å². The van der Waals surface area contributed by atoms with Crippen molar-refractivity contribution in [1.82, 2.24) is 4.90 Å². The van der Waals surface area contributed by atoms with Crippen molar-refractivity contribution in [2.75, 3.05) is 45.3 Å². The molecule has 1 aromatic carbocycles. The zero-order valence-corrected chi connectivity index (χ0v) is 13.6. The first-order valence-corrected chi connectivity index (χ1v) is 7.55. The molecule has 0 radical (unpaired) electrons. The molecular weight excluding hydrogens is 280 g/mol. The topological polar surface area (TPSA) is 72.1 Å². The molecule has 0 aromatic heterocycles. The number of hydrogen-bond acceptors (Lipinski definition) is 4. The molecule has 6 nitrogen and oxygen atoms in total. The van der Waals surface area contributed by atoms with Gasteiger partial charge in [-0.05, 0) is 38.1 Å². The Bertz CT molecular complexity index is 493. The molecule has 1 aromatic rings. The Hall–Kier alpha value is -1.79. The lowest BCUT2D eigenvalue weighted by molar-refractivity contribution is -0.00680. The molecule has 0 aliphatic carbocycles. The predicted octanol–water partition coefficient (Wildman–Crippen LogP) is 1.53. The van der Waals surface area contributed by atoms with Crippen molar-refractivity contribution < 1.29 is 9.47 Å². The highest BCUT2D eigenvalue weighted by molar-refractivity contribution is 5.92. The van der Waals surface area contributed by atoms with Crippen molar-refractivity contribution in [3.63, 3.8) is 0 Å². The van der Waals surface area contributed by atoms with Crippen LogP contribution in [0.3, 0.4) is 0 Å². The minimum Gasteiger partial charge on any atom is -0.497 e. The van der Waals surface area contributed by atoms with Gasteiger partial charge in [0.25, 0.3) is 0 Å². The summed E-state index contributed by atoms with van der Waals surface area (Å²) in [5, 5.41) is 3.10. The fourth-order valence-electron chi connectivity index (χ4n) is 2.41. The van der Waals surface area contributed by atoms with E-state index < -0.39 is 0 Å². The molecule has 0 atom stereocenters. The van der Waals surface area contributed by atoms with E-state index in [0.29, 0.717) is 12.5 Å². The maximum atomic E-state index is 5.98. The van der Waals surface area contributed by atoms with Gasteiger partial charge in [0.15, 0.2) is 5.96 Å². The predicted molar refractivity (Wildman–Crippen MR) is 89.6 cm³/mol. The number of anilines is 1. The number of nitrogens with two attached hydrogens (primary N) is 1. The first kappa shape index (κ1) is 16.6. The molecule has 1 fully saturated rings. The van der Waals surface area contributed by atoms with Crippen LogP contribution in [0.2, 0.25) is 0 Å². The molecule has 6 heteroatoms. The van der Waals surface area contributed by atoms with Gasteiger partial charge in [0.1, 0.15) is 5.75 Å². The Balaban J connectivity index is 1.90. The van der Waals surface area contributed by atoms with Gasteiger partial charge < -0.3 is 20.5 Å². The lowest BCUT2D eigenvalue weighted by Gasteiger charge is -2.39. The molecule has 22 heavy (non-hydrogen) atoms. The summed E-state index contributed by atoms with van der Waals surface area (Å²) in [6.07, 6.45) is 0. The molecule has 122 valence electrons. The lowest BCUT2D eigenvalue weighted by atomic mass is 10.0. The van der Waals surface area contributed by atoms with Crippen LogP contribution in [-0.2, 0) is 4.74 Å². The standard InChI is InChI=1S/C16H26N4O2/c1-16(2,20-8-10-22-11-9-20)12-18-15(17)19-13-4-6-14(21-3)7-5-13/h4-7H,8-12H2,1-3H3,(H3,17,18,19). The molecule has 2 rings (SSSR count). The molecule has 3 N–H and O–H groups in total. The third kappa shape index (κ3) is 4.61. The van der Waals surface area contributed by atoms with Crippen LogP contribution in [0.25, 0.3) is 0 Å². The van der Waals surface area contributed by atoms with Crippen LogP contribution in [-0.4, -0.2) is 56.4 Å². The number of nitrogens with one attached hydrogen (secondary N) is 1. The van der Waals surface area contributed by atoms with Crippen molar-refractivity contribution in [2.24, 2.45) is 10.7 Å². The second-order valence-electron chi connectivity index (χ2n) is 5.97. The average Bonchev–Trinajstić information content (AvgIpc) is 2.55. The maximum Gasteiger partial charge on any atom is 0.193 e. The number of methoxy groups -OCH3 is 1. The van der Waals surface area contributed by atoms with Gasteiger partial charge in [0, 0.05) is 24.3 Å². The number of aliphatic imine (C=N–C) groups is 1. The zero-order valence-electron chi connectivity index (χ0n) is 13.6. The van der Waals surface area contributed by atoms with E-state index in [9.17, 15) is 0 Å². The third-order valence-electron chi connectivity index (χ3n) is 3.87. The highest BCUT2D eigenvalue weighted by Crippen LogP contribution is 2.17. The van der Waals surface area contributed by atoms with Crippen LogP contribution in [0, 0.1) is 0 Å². The van der Waals surface area contributed by atoms with Crippen molar-refractivity contribution in [3.05, 3.63) is 24.3 Å². The van der Waals surface area contributed by atoms with E-state index in [1.807, 2.05) is 24.3 Å². The van der Waals surface area contributed by atoms with Gasteiger partial charge in [-0.1, -0.05) is 0 Å². The number of morpholine rings is 1. The summed E-state index contributed by atoms with van der Waals surface area (Å²) >= 11 is 0. The van der Waals surface area contributed by atoms with E-state index in [-0.39, 0.29) is 5.54 Å². The molecule has 0 unspecified atom stereocenters. The van der Waals surface area contributed by atoms with E-state index in [1.165, 1.54) is 0 Å². The van der Waals surface area contributed by atoms with Crippen LogP contribution in [0.15, 0.2) is 29.3 Å². The van der Waals surface area contributed by atoms with Crippen molar-refractivity contribution in [2.45, 2.75) is 19.4 Å². The molecule has 1 aliphatic rings. The van der Waals surface area contributed by atoms with E-state index in [0.717, 1.165) is 37.7 Å². The summed E-state index contributed by atoms with van der Waals surface area (Å²) in [6.45, 7) is 8.45. The number of rotatable bonds is 5. The van der Waals surface area contributed by atoms with Crippen LogP contribution >= 0.6 is 0 Å². The molecule has 1 saturated heterocycles. The second kappa shape index (κ2) is 7.47. The fraction of sp³-hybridized carbons (Fsp3) is 0.562. The fourth-order valence-corrected chi connectivity index (χ4v) is 2.41. The summed E-state index contributed by atoms with van der Waals surface area (Å²) in [5.74, 6) is 1.24. The molecule has 0 spiro atoms. The number of guanidine groups is 1. The van der Waals surface area contributed by atoms with E-state index in [4.69, 9.17) is 15.2 Å². The monoisotopic (exact) mass is 306 g/mol. The summed E-state index contributed by atoms with van der Waals surface area (Å²) < 4.78 is 10.5. The van der Waals surface area contributed by atoms with Crippen LogP contribution in [0.5, 0.6) is 5.75 Å². The van der Waals surface area contributed by atoms with Crippen molar-refractivity contribution in [1.29, 1.82) is 0 Å². The van der Waals surface area contributed by atoms with Gasteiger partial charge in [-0.3, -0.25) is 9.89 Å². The first-order valence-electron chi connectivity index (χ1n) is 7.55. The van der Waals surface area contributed by atoms with Gasteiger partial charge in [-0.15, -0.1) is 0 Å². The highest BCUT2D eigenvalue weighted by atomic mass is 16.5. The lowest BCUT2D eigenvalue weighted by Crippen LogP contribution is -2.51. The number of hydrogen-bond donors (Lipinski definition) is 2. The Labute approximate surface area is 132 Å². The molecular formula is C16H26N4O2. The van der Waals surface area contributed by atoms with Gasteiger partial charge >= 0.3 is 0 Å². The van der Waals surface area contributed by atoms with E-state index >= 15 is 0 Å². The van der Waals surface area contributed by atoms with E-state index in [1.54, 1.807) is 7.11 Å². The Morgan fingerprint density at radius 2 is 1.95 bits per heavy atom. The molecule has 0 amide bonds. The van der Waals surface area contributed by atoms with Gasteiger partial charge in [-0.25, -0.2) is 0 Å². The van der Waals surface area contributed by atoms with E-state index in [2.05, 4.69) is 29.1 Å². The number of ether oxygens (including phenoxy) is 2. The highest BCUT2D eigenvalue weighted by Gasteiger charge is 2.27. The van der Waals surface area contributed by atoms with Crippen molar-refractivity contribution in [3.8, 4) is 5.75 Å². The molecule has 0 saturated carbocycles. The minimum atomic E-state index is -0.0318. The number of nitrogens with zero attached hydrogens (tertiary/aromatic N) is 2. The first-order chi connectivity index (χ1) is 10.5. The summed E-state index contributed by atoms with van der Waals surface area (Å²) in [5.41, 5.74) is 6.84. The summed E-state index contributed by atoms with van der Waals surface area (Å²) in [4.78, 5) is 6.87. The average molecular weight is 306 g/mol. The normalized spacial score (nSPS) is 17.3. The summed E-state index contributed by atoms with van der Waals surface area (Å²) in [7, 11) is 1.64. The molecule has 0 bridgehead atoms. The molecule has 1 heterocycles. The van der Waals surface area contributed by atoms with Gasteiger partial charge in [0.2, 0.25) is 0 Å².